The van der Waals surface area contributed by atoms with E-state index in [1.54, 1.807) is 0 Å². The molecule has 0 radical (unpaired) electrons. The Morgan fingerprint density at radius 1 is 1.15 bits per heavy atom. The lowest BCUT2D eigenvalue weighted by Gasteiger charge is -2.39. The molecule has 1 aliphatic heterocycles. The summed E-state index contributed by atoms with van der Waals surface area (Å²) >= 11 is 0. The standard InChI is InChI=1S/C17H34N2O/c1-2-11-20-17-9-6-10-19(14-17)16(13-18)12-15-7-4-3-5-8-15/h15-17H,2-14,18H2,1H3. The fourth-order valence-electron chi connectivity index (χ4n) is 3.92. The lowest BCUT2D eigenvalue weighted by Crippen LogP contribution is -2.49. The average molecular weight is 282 g/mol. The molecule has 2 fully saturated rings. The first-order valence-corrected chi connectivity index (χ1v) is 8.89. The van der Waals surface area contributed by atoms with E-state index in [1.807, 2.05) is 0 Å². The van der Waals surface area contributed by atoms with Crippen LogP contribution in [0.15, 0.2) is 0 Å². The van der Waals surface area contributed by atoms with Crippen LogP contribution in [-0.4, -0.2) is 43.3 Å². The maximum Gasteiger partial charge on any atom is 0.0702 e. The maximum absolute atomic E-state index is 6.08. The summed E-state index contributed by atoms with van der Waals surface area (Å²) < 4.78 is 5.96. The second kappa shape index (κ2) is 9.01. The Morgan fingerprint density at radius 3 is 2.65 bits per heavy atom. The highest BCUT2D eigenvalue weighted by atomic mass is 16.5. The number of rotatable bonds is 7. The molecule has 3 nitrogen and oxygen atoms in total. The fraction of sp³-hybridized carbons (Fsp3) is 1.00. The first-order chi connectivity index (χ1) is 9.83. The van der Waals surface area contributed by atoms with Gasteiger partial charge in [-0.15, -0.1) is 0 Å². The predicted molar refractivity (Wildman–Crippen MR) is 84.9 cm³/mol. The number of hydrogen-bond acceptors (Lipinski definition) is 3. The molecule has 0 bridgehead atoms. The van der Waals surface area contributed by atoms with E-state index < -0.39 is 0 Å². The first kappa shape index (κ1) is 16.3. The molecule has 0 spiro atoms. The highest BCUT2D eigenvalue weighted by Crippen LogP contribution is 2.29. The zero-order valence-electron chi connectivity index (χ0n) is 13.4. The molecule has 118 valence electrons. The second-order valence-corrected chi connectivity index (χ2v) is 6.76. The molecule has 0 aromatic rings. The van der Waals surface area contributed by atoms with Crippen LogP contribution in [0.2, 0.25) is 0 Å². The Hall–Kier alpha value is -0.120. The summed E-state index contributed by atoms with van der Waals surface area (Å²) in [5, 5.41) is 0. The molecule has 2 aliphatic rings. The van der Waals surface area contributed by atoms with Crippen molar-refractivity contribution in [3.05, 3.63) is 0 Å². The van der Waals surface area contributed by atoms with Gasteiger partial charge < -0.3 is 10.5 Å². The maximum atomic E-state index is 6.08. The van der Waals surface area contributed by atoms with Gasteiger partial charge >= 0.3 is 0 Å². The summed E-state index contributed by atoms with van der Waals surface area (Å²) in [5.74, 6) is 0.925. The molecule has 2 N–H and O–H groups in total. The smallest absolute Gasteiger partial charge is 0.0702 e. The van der Waals surface area contributed by atoms with Gasteiger partial charge in [0, 0.05) is 25.7 Å². The monoisotopic (exact) mass is 282 g/mol. The van der Waals surface area contributed by atoms with Crippen LogP contribution in [-0.2, 0) is 4.74 Å². The predicted octanol–water partition coefficient (Wildman–Crippen LogP) is 3.18. The topological polar surface area (TPSA) is 38.5 Å². The molecule has 1 heterocycles. The van der Waals surface area contributed by atoms with Gasteiger partial charge in [-0.2, -0.15) is 0 Å². The molecule has 2 unspecified atom stereocenters. The Morgan fingerprint density at radius 2 is 1.95 bits per heavy atom. The molecule has 0 amide bonds. The number of nitrogens with two attached hydrogens (primary N) is 1. The van der Waals surface area contributed by atoms with Gasteiger partial charge in [0.15, 0.2) is 0 Å². The number of likely N-dealkylation sites (tertiary alicyclic amines) is 1. The summed E-state index contributed by atoms with van der Waals surface area (Å²) in [5.41, 5.74) is 6.08. The minimum absolute atomic E-state index is 0.448. The van der Waals surface area contributed by atoms with Gasteiger partial charge in [0.2, 0.25) is 0 Å². The third-order valence-electron chi connectivity index (χ3n) is 5.09. The Balaban J connectivity index is 1.79. The molecule has 0 aromatic carbocycles. The molecular formula is C17H34N2O. The van der Waals surface area contributed by atoms with E-state index in [0.29, 0.717) is 12.1 Å². The zero-order valence-corrected chi connectivity index (χ0v) is 13.4. The molecule has 1 aliphatic carbocycles. The Labute approximate surface area is 125 Å². The van der Waals surface area contributed by atoms with Crippen LogP contribution >= 0.6 is 0 Å². The minimum atomic E-state index is 0.448. The summed E-state index contributed by atoms with van der Waals surface area (Å²) in [6.45, 7) is 6.24. The Kier molecular flexibility index (Phi) is 7.32. The van der Waals surface area contributed by atoms with E-state index in [9.17, 15) is 0 Å². The quantitative estimate of drug-likeness (QED) is 0.779. The van der Waals surface area contributed by atoms with Gasteiger partial charge in [-0.05, 0) is 38.1 Å². The van der Waals surface area contributed by atoms with Crippen molar-refractivity contribution in [1.82, 2.24) is 4.90 Å². The van der Waals surface area contributed by atoms with E-state index >= 15 is 0 Å². The Bertz CT molecular complexity index is 253. The molecule has 0 aromatic heterocycles. The summed E-state index contributed by atoms with van der Waals surface area (Å²) in [4.78, 5) is 2.62. The third kappa shape index (κ3) is 5.01. The van der Waals surface area contributed by atoms with Gasteiger partial charge in [-0.25, -0.2) is 0 Å². The minimum Gasteiger partial charge on any atom is -0.377 e. The van der Waals surface area contributed by atoms with Crippen LogP contribution < -0.4 is 5.73 Å². The number of ether oxygens (including phenoxy) is 1. The van der Waals surface area contributed by atoms with Crippen LogP contribution in [0.1, 0.15) is 64.7 Å². The lowest BCUT2D eigenvalue weighted by molar-refractivity contribution is -0.0150. The molecule has 2 atom stereocenters. The number of hydrogen-bond donors (Lipinski definition) is 1. The van der Waals surface area contributed by atoms with Crippen LogP contribution in [0.4, 0.5) is 0 Å². The highest BCUT2D eigenvalue weighted by molar-refractivity contribution is 4.83. The summed E-state index contributed by atoms with van der Waals surface area (Å²) in [6, 6.07) is 0.589. The van der Waals surface area contributed by atoms with Crippen LogP contribution in [0.5, 0.6) is 0 Å². The highest BCUT2D eigenvalue weighted by Gasteiger charge is 2.27. The molecule has 2 rings (SSSR count). The molecule has 1 saturated carbocycles. The molecule has 3 heteroatoms. The van der Waals surface area contributed by atoms with Gasteiger partial charge in [0.05, 0.1) is 6.10 Å². The largest absolute Gasteiger partial charge is 0.377 e. The van der Waals surface area contributed by atoms with Gasteiger partial charge in [0.25, 0.3) is 0 Å². The first-order valence-electron chi connectivity index (χ1n) is 8.89. The van der Waals surface area contributed by atoms with E-state index in [0.717, 1.165) is 32.0 Å². The van der Waals surface area contributed by atoms with Gasteiger partial charge in [-0.3, -0.25) is 4.90 Å². The number of nitrogens with zero attached hydrogens (tertiary/aromatic N) is 1. The lowest BCUT2D eigenvalue weighted by atomic mass is 9.84. The summed E-state index contributed by atoms with van der Waals surface area (Å²) in [6.07, 6.45) is 12.6. The molecular weight excluding hydrogens is 248 g/mol. The zero-order chi connectivity index (χ0) is 14.2. The van der Waals surface area contributed by atoms with Crippen LogP contribution in [0.25, 0.3) is 0 Å². The molecule has 1 saturated heterocycles. The van der Waals surface area contributed by atoms with Crippen LogP contribution in [0, 0.1) is 5.92 Å². The van der Waals surface area contributed by atoms with Gasteiger partial charge in [-0.1, -0.05) is 39.0 Å². The SMILES string of the molecule is CCCOC1CCCN(C(CN)CC2CCCCC2)C1. The normalized spacial score (nSPS) is 27.6. The van der Waals surface area contributed by atoms with E-state index in [4.69, 9.17) is 10.5 Å². The third-order valence-corrected chi connectivity index (χ3v) is 5.09. The van der Waals surface area contributed by atoms with E-state index in [-0.39, 0.29) is 0 Å². The van der Waals surface area contributed by atoms with Crippen LogP contribution in [0.3, 0.4) is 0 Å². The number of piperidine rings is 1. The summed E-state index contributed by atoms with van der Waals surface area (Å²) in [7, 11) is 0. The van der Waals surface area contributed by atoms with Crippen molar-refractivity contribution in [2.45, 2.75) is 76.9 Å². The van der Waals surface area contributed by atoms with E-state index in [2.05, 4.69) is 11.8 Å². The van der Waals surface area contributed by atoms with Crippen molar-refractivity contribution in [3.63, 3.8) is 0 Å². The molecule has 20 heavy (non-hydrogen) atoms. The van der Waals surface area contributed by atoms with Crippen molar-refractivity contribution in [1.29, 1.82) is 0 Å². The van der Waals surface area contributed by atoms with Crippen molar-refractivity contribution in [2.75, 3.05) is 26.2 Å². The van der Waals surface area contributed by atoms with Crippen molar-refractivity contribution in [2.24, 2.45) is 11.7 Å². The van der Waals surface area contributed by atoms with E-state index in [1.165, 1.54) is 57.9 Å². The van der Waals surface area contributed by atoms with Crippen molar-refractivity contribution in [3.8, 4) is 0 Å². The van der Waals surface area contributed by atoms with Gasteiger partial charge in [0.1, 0.15) is 0 Å². The van der Waals surface area contributed by atoms with Crippen molar-refractivity contribution >= 4 is 0 Å². The average Bonchev–Trinajstić information content (AvgIpc) is 2.52. The van der Waals surface area contributed by atoms with Crippen molar-refractivity contribution < 1.29 is 4.74 Å². The fourth-order valence-corrected chi connectivity index (χ4v) is 3.92. The second-order valence-electron chi connectivity index (χ2n) is 6.76.